The third-order valence-electron chi connectivity index (χ3n) is 2.94. The van der Waals surface area contributed by atoms with Gasteiger partial charge in [0.25, 0.3) is 0 Å². The zero-order chi connectivity index (χ0) is 11.4. The van der Waals surface area contributed by atoms with Gasteiger partial charge < -0.3 is 16.4 Å². The van der Waals surface area contributed by atoms with E-state index in [1.165, 1.54) is 0 Å². The average molecular weight is 219 g/mol. The van der Waals surface area contributed by atoms with Gasteiger partial charge in [-0.1, -0.05) is 30.3 Å². The summed E-state index contributed by atoms with van der Waals surface area (Å²) in [5.74, 6) is -0.0682. The van der Waals surface area contributed by atoms with E-state index >= 15 is 0 Å². The number of rotatable bonds is 3. The number of benzene rings is 1. The van der Waals surface area contributed by atoms with Gasteiger partial charge in [0.05, 0.1) is 0 Å². The Balaban J connectivity index is 1.89. The monoisotopic (exact) mass is 219 g/mol. The van der Waals surface area contributed by atoms with Crippen LogP contribution in [0.3, 0.4) is 0 Å². The number of nitrogens with two attached hydrogens (primary N) is 1. The molecule has 1 heterocycles. The van der Waals surface area contributed by atoms with Gasteiger partial charge in [-0.25, -0.2) is 0 Å². The third kappa shape index (κ3) is 2.40. The fourth-order valence-corrected chi connectivity index (χ4v) is 1.86. The molecule has 0 aromatic heterocycles. The Hall–Kier alpha value is -1.39. The second-order valence-corrected chi connectivity index (χ2v) is 4.25. The van der Waals surface area contributed by atoms with Gasteiger partial charge in [-0.2, -0.15) is 0 Å². The number of amides is 1. The third-order valence-corrected chi connectivity index (χ3v) is 2.94. The van der Waals surface area contributed by atoms with Gasteiger partial charge in [0, 0.05) is 13.1 Å². The Morgan fingerprint density at radius 1 is 1.44 bits per heavy atom. The number of carbonyl (C=O) groups is 1. The van der Waals surface area contributed by atoms with Gasteiger partial charge in [0.2, 0.25) is 5.91 Å². The van der Waals surface area contributed by atoms with Crippen LogP contribution in [0.5, 0.6) is 0 Å². The molecule has 0 aliphatic carbocycles. The van der Waals surface area contributed by atoms with Gasteiger partial charge in [0.15, 0.2) is 0 Å². The van der Waals surface area contributed by atoms with E-state index in [2.05, 4.69) is 10.6 Å². The number of hydrogen-bond acceptors (Lipinski definition) is 3. The van der Waals surface area contributed by atoms with Crippen LogP contribution in [0.2, 0.25) is 0 Å². The summed E-state index contributed by atoms with van der Waals surface area (Å²) in [6, 6.07) is 9.83. The van der Waals surface area contributed by atoms with E-state index in [0.717, 1.165) is 12.1 Å². The molecule has 1 aromatic carbocycles. The van der Waals surface area contributed by atoms with Crippen LogP contribution in [-0.4, -0.2) is 24.5 Å². The maximum atomic E-state index is 11.9. The maximum Gasteiger partial charge on any atom is 0.241 e. The molecule has 1 unspecified atom stereocenters. The van der Waals surface area contributed by atoms with Crippen molar-refractivity contribution in [2.75, 3.05) is 13.1 Å². The highest BCUT2D eigenvalue weighted by atomic mass is 16.2. The van der Waals surface area contributed by atoms with Crippen molar-refractivity contribution in [3.05, 3.63) is 35.9 Å². The highest BCUT2D eigenvalue weighted by Crippen LogP contribution is 2.11. The summed E-state index contributed by atoms with van der Waals surface area (Å²) in [6.07, 6.45) is 0.702. The maximum absolute atomic E-state index is 11.9. The normalized spacial score (nSPS) is 24.3. The van der Waals surface area contributed by atoms with Gasteiger partial charge >= 0.3 is 0 Å². The molecule has 4 nitrogen and oxygen atoms in total. The molecule has 2 rings (SSSR count). The van der Waals surface area contributed by atoms with Crippen LogP contribution < -0.4 is 16.4 Å². The fraction of sp³-hybridized carbons (Fsp3) is 0.417. The Labute approximate surface area is 95.2 Å². The number of nitrogens with one attached hydrogen (secondary N) is 2. The lowest BCUT2D eigenvalue weighted by atomic mass is 9.99. The van der Waals surface area contributed by atoms with Crippen LogP contribution >= 0.6 is 0 Å². The van der Waals surface area contributed by atoms with Crippen LogP contribution in [0.1, 0.15) is 12.0 Å². The summed E-state index contributed by atoms with van der Waals surface area (Å²) in [6.45, 7) is 1.92. The van der Waals surface area contributed by atoms with Crippen LogP contribution in [0, 0.1) is 0 Å². The Kier molecular flexibility index (Phi) is 3.22. The molecule has 0 spiro atoms. The van der Waals surface area contributed by atoms with E-state index in [-0.39, 0.29) is 5.91 Å². The second kappa shape index (κ2) is 4.63. The summed E-state index contributed by atoms with van der Waals surface area (Å²) in [4.78, 5) is 11.9. The lowest BCUT2D eigenvalue weighted by Gasteiger charge is -2.21. The zero-order valence-electron chi connectivity index (χ0n) is 9.20. The number of hydrogen-bond donors (Lipinski definition) is 3. The quantitative estimate of drug-likeness (QED) is 0.670. The molecular weight excluding hydrogens is 202 g/mol. The summed E-state index contributed by atoms with van der Waals surface area (Å²) in [5, 5.41) is 5.98. The molecule has 1 saturated heterocycles. The number of carbonyl (C=O) groups excluding carboxylic acids is 1. The first-order chi connectivity index (χ1) is 7.71. The Morgan fingerprint density at radius 2 is 2.19 bits per heavy atom. The molecule has 1 aliphatic rings. The molecule has 16 heavy (non-hydrogen) atoms. The average Bonchev–Trinajstić information content (AvgIpc) is 2.76. The first-order valence-electron chi connectivity index (χ1n) is 5.52. The minimum atomic E-state index is -0.727. The van der Waals surface area contributed by atoms with Crippen molar-refractivity contribution in [3.63, 3.8) is 0 Å². The van der Waals surface area contributed by atoms with E-state index in [4.69, 9.17) is 5.73 Å². The van der Waals surface area contributed by atoms with Gasteiger partial charge in [0.1, 0.15) is 5.54 Å². The molecule has 0 bridgehead atoms. The molecule has 4 N–H and O–H groups in total. The molecule has 0 radical (unpaired) electrons. The fourth-order valence-electron chi connectivity index (χ4n) is 1.86. The molecule has 1 atom stereocenters. The first kappa shape index (κ1) is 11.1. The van der Waals surface area contributed by atoms with Crippen LogP contribution in [0.25, 0.3) is 0 Å². The van der Waals surface area contributed by atoms with E-state index < -0.39 is 5.54 Å². The van der Waals surface area contributed by atoms with Gasteiger partial charge in [-0.3, -0.25) is 4.79 Å². The van der Waals surface area contributed by atoms with E-state index in [0.29, 0.717) is 19.5 Å². The lowest BCUT2D eigenvalue weighted by Crippen LogP contribution is -2.55. The van der Waals surface area contributed by atoms with Gasteiger partial charge in [-0.15, -0.1) is 0 Å². The van der Waals surface area contributed by atoms with Crippen molar-refractivity contribution in [1.82, 2.24) is 10.6 Å². The van der Waals surface area contributed by atoms with Crippen molar-refractivity contribution in [2.24, 2.45) is 5.73 Å². The Bertz CT molecular complexity index is 358. The van der Waals surface area contributed by atoms with Gasteiger partial charge in [-0.05, 0) is 18.5 Å². The van der Waals surface area contributed by atoms with Crippen molar-refractivity contribution in [2.45, 2.75) is 18.5 Å². The molecule has 86 valence electrons. The smallest absolute Gasteiger partial charge is 0.241 e. The molecule has 4 heteroatoms. The minimum Gasteiger partial charge on any atom is -0.350 e. The Morgan fingerprint density at radius 3 is 2.81 bits per heavy atom. The molecule has 1 fully saturated rings. The highest BCUT2D eigenvalue weighted by Gasteiger charge is 2.36. The van der Waals surface area contributed by atoms with Crippen LogP contribution in [-0.2, 0) is 11.3 Å². The molecule has 1 amide bonds. The van der Waals surface area contributed by atoms with Crippen LogP contribution in [0.4, 0.5) is 0 Å². The largest absolute Gasteiger partial charge is 0.350 e. The van der Waals surface area contributed by atoms with E-state index in [1.807, 2.05) is 30.3 Å². The summed E-state index contributed by atoms with van der Waals surface area (Å²) >= 11 is 0. The standard InChI is InChI=1S/C12H17N3O/c13-12(6-7-14-9-12)11(16)15-8-10-4-2-1-3-5-10/h1-5,14H,6-9,13H2,(H,15,16). The lowest BCUT2D eigenvalue weighted by molar-refractivity contribution is -0.125. The predicted octanol–water partition coefficient (Wildman–Crippen LogP) is -0.00640. The predicted molar refractivity (Wildman–Crippen MR) is 62.7 cm³/mol. The van der Waals surface area contributed by atoms with E-state index in [1.54, 1.807) is 0 Å². The summed E-state index contributed by atoms with van der Waals surface area (Å²) in [7, 11) is 0. The zero-order valence-corrected chi connectivity index (χ0v) is 9.20. The highest BCUT2D eigenvalue weighted by molar-refractivity contribution is 5.86. The van der Waals surface area contributed by atoms with Crippen LogP contribution in [0.15, 0.2) is 30.3 Å². The van der Waals surface area contributed by atoms with E-state index in [9.17, 15) is 4.79 Å². The second-order valence-electron chi connectivity index (χ2n) is 4.25. The summed E-state index contributed by atoms with van der Waals surface area (Å²) in [5.41, 5.74) is 6.35. The topological polar surface area (TPSA) is 67.2 Å². The molecule has 1 aliphatic heterocycles. The minimum absolute atomic E-state index is 0.0682. The molecule has 0 saturated carbocycles. The van der Waals surface area contributed by atoms with Crippen molar-refractivity contribution in [1.29, 1.82) is 0 Å². The SMILES string of the molecule is NC1(C(=O)NCc2ccccc2)CCNC1. The summed E-state index contributed by atoms with van der Waals surface area (Å²) < 4.78 is 0. The first-order valence-corrected chi connectivity index (χ1v) is 5.52. The van der Waals surface area contributed by atoms with Crippen molar-refractivity contribution in [3.8, 4) is 0 Å². The molecular formula is C12H17N3O. The van der Waals surface area contributed by atoms with Crippen molar-refractivity contribution >= 4 is 5.91 Å². The van der Waals surface area contributed by atoms with Crippen molar-refractivity contribution < 1.29 is 4.79 Å². The molecule has 1 aromatic rings.